The smallest absolute Gasteiger partial charge is 0.259 e. The van der Waals surface area contributed by atoms with Gasteiger partial charge in [-0.3, -0.25) is 4.79 Å². The van der Waals surface area contributed by atoms with E-state index in [2.05, 4.69) is 0 Å². The van der Waals surface area contributed by atoms with E-state index in [1.165, 1.54) is 11.2 Å². The number of hydrogen-bond acceptors (Lipinski definition) is 4. The summed E-state index contributed by atoms with van der Waals surface area (Å²) in [6.45, 7) is -0.00878. The van der Waals surface area contributed by atoms with E-state index in [4.69, 9.17) is 4.74 Å². The summed E-state index contributed by atoms with van der Waals surface area (Å²) in [6, 6.07) is 18.5. The molecule has 0 aliphatic heterocycles. The van der Waals surface area contributed by atoms with Crippen LogP contribution in [0.15, 0.2) is 65.6 Å². The predicted octanol–water partition coefficient (Wildman–Crippen LogP) is 3.38. The molecule has 27 heavy (non-hydrogen) atoms. The fraction of sp³-hybridized carbons (Fsp3) is 0.190. The van der Waals surface area contributed by atoms with Crippen LogP contribution >= 0.6 is 0 Å². The van der Waals surface area contributed by atoms with E-state index in [1.54, 1.807) is 38.4 Å². The minimum Gasteiger partial charge on any atom is -0.484 e. The maximum atomic E-state index is 11.7. The molecule has 140 valence electrons. The second kappa shape index (κ2) is 7.40. The van der Waals surface area contributed by atoms with Gasteiger partial charge >= 0.3 is 0 Å². The number of fused-ring (bicyclic) bond motifs is 1. The summed E-state index contributed by atoms with van der Waals surface area (Å²) in [5, 5.41) is 2.03. The summed E-state index contributed by atoms with van der Waals surface area (Å²) in [4.78, 5) is 13.5. The van der Waals surface area contributed by atoms with Crippen LogP contribution in [-0.2, 0) is 14.6 Å². The van der Waals surface area contributed by atoms with Crippen LogP contribution in [-0.4, -0.2) is 46.2 Å². The van der Waals surface area contributed by atoms with Gasteiger partial charge in [0.2, 0.25) is 0 Å². The number of ether oxygens (including phenoxy) is 1. The molecule has 0 radical (unpaired) electrons. The van der Waals surface area contributed by atoms with Crippen LogP contribution in [0.1, 0.15) is 0 Å². The molecule has 0 aromatic heterocycles. The third-order valence-electron chi connectivity index (χ3n) is 4.29. The topological polar surface area (TPSA) is 63.7 Å². The lowest BCUT2D eigenvalue weighted by Crippen LogP contribution is -2.27. The molecule has 0 aliphatic rings. The monoisotopic (exact) mass is 383 g/mol. The van der Waals surface area contributed by atoms with Crippen LogP contribution in [0.5, 0.6) is 5.75 Å². The van der Waals surface area contributed by atoms with Crippen molar-refractivity contribution in [3.05, 3.63) is 60.7 Å². The van der Waals surface area contributed by atoms with Crippen molar-refractivity contribution in [2.75, 3.05) is 27.0 Å². The van der Waals surface area contributed by atoms with Crippen molar-refractivity contribution in [3.63, 3.8) is 0 Å². The second-order valence-corrected chi connectivity index (χ2v) is 8.61. The first-order chi connectivity index (χ1) is 12.7. The van der Waals surface area contributed by atoms with Crippen LogP contribution in [0.25, 0.3) is 21.9 Å². The zero-order valence-electron chi connectivity index (χ0n) is 15.5. The minimum atomic E-state index is -3.21. The van der Waals surface area contributed by atoms with E-state index in [0.29, 0.717) is 10.6 Å². The Morgan fingerprint density at radius 3 is 2.15 bits per heavy atom. The van der Waals surface area contributed by atoms with Gasteiger partial charge in [-0.15, -0.1) is 0 Å². The zero-order valence-corrected chi connectivity index (χ0v) is 16.3. The van der Waals surface area contributed by atoms with E-state index in [0.717, 1.165) is 21.9 Å². The number of amides is 1. The molecule has 1 amide bonds. The van der Waals surface area contributed by atoms with Crippen LogP contribution in [0, 0.1) is 0 Å². The molecular weight excluding hydrogens is 362 g/mol. The molecule has 0 atom stereocenters. The lowest BCUT2D eigenvalue weighted by molar-refractivity contribution is -0.130. The molecule has 6 heteroatoms. The van der Waals surface area contributed by atoms with Gasteiger partial charge in [0.15, 0.2) is 16.4 Å². The second-order valence-electron chi connectivity index (χ2n) is 6.60. The average Bonchev–Trinajstić information content (AvgIpc) is 2.64. The SMILES string of the molecule is CN(C)C(=O)COc1ccc2ccc(-c3ccc(S(C)(=O)=O)cc3)cc2c1. The fourth-order valence-corrected chi connectivity index (χ4v) is 3.29. The Morgan fingerprint density at radius 1 is 0.889 bits per heavy atom. The van der Waals surface area contributed by atoms with Crippen molar-refractivity contribution < 1.29 is 17.9 Å². The molecule has 3 rings (SSSR count). The first-order valence-electron chi connectivity index (χ1n) is 8.41. The normalized spacial score (nSPS) is 11.4. The van der Waals surface area contributed by atoms with Crippen molar-refractivity contribution in [2.24, 2.45) is 0 Å². The molecule has 0 heterocycles. The van der Waals surface area contributed by atoms with Crippen molar-refractivity contribution in [3.8, 4) is 16.9 Å². The molecular formula is C21H21NO4S. The number of likely N-dealkylation sites (N-methyl/N-ethyl adjacent to an activating group) is 1. The number of sulfone groups is 1. The van der Waals surface area contributed by atoms with Crippen LogP contribution < -0.4 is 4.74 Å². The number of benzene rings is 3. The van der Waals surface area contributed by atoms with Crippen molar-refractivity contribution in [1.29, 1.82) is 0 Å². The Kier molecular flexibility index (Phi) is 5.19. The molecule has 5 nitrogen and oxygen atoms in total. The summed E-state index contributed by atoms with van der Waals surface area (Å²) in [5.74, 6) is 0.525. The Labute approximate surface area is 159 Å². The number of rotatable bonds is 5. The Hall–Kier alpha value is -2.86. The standard InChI is InChI=1S/C21H21NO4S/c1-22(2)21(23)14-26-19-9-6-16-4-5-17(12-18(16)13-19)15-7-10-20(11-8-15)27(3,24)25/h4-13H,14H2,1-3H3. The molecule has 0 aliphatic carbocycles. The maximum Gasteiger partial charge on any atom is 0.259 e. The van der Waals surface area contributed by atoms with E-state index < -0.39 is 9.84 Å². The zero-order chi connectivity index (χ0) is 19.6. The van der Waals surface area contributed by atoms with Gasteiger partial charge in [0.1, 0.15) is 5.75 Å². The van der Waals surface area contributed by atoms with Gasteiger partial charge < -0.3 is 9.64 Å². The summed E-state index contributed by atoms with van der Waals surface area (Å²) >= 11 is 0. The third-order valence-corrected chi connectivity index (χ3v) is 5.42. The predicted molar refractivity (Wildman–Crippen MR) is 107 cm³/mol. The average molecular weight is 383 g/mol. The summed E-state index contributed by atoms with van der Waals surface area (Å²) in [7, 11) is 0.167. The highest BCUT2D eigenvalue weighted by atomic mass is 32.2. The van der Waals surface area contributed by atoms with E-state index in [-0.39, 0.29) is 12.5 Å². The first-order valence-corrected chi connectivity index (χ1v) is 10.3. The third kappa shape index (κ3) is 4.46. The van der Waals surface area contributed by atoms with Crippen LogP contribution in [0.2, 0.25) is 0 Å². The number of carbonyl (C=O) groups is 1. The molecule has 0 unspecified atom stereocenters. The highest BCUT2D eigenvalue weighted by Crippen LogP contribution is 2.28. The molecule has 3 aromatic carbocycles. The Morgan fingerprint density at radius 2 is 1.52 bits per heavy atom. The number of hydrogen-bond donors (Lipinski definition) is 0. The van der Waals surface area contributed by atoms with E-state index in [1.807, 2.05) is 36.4 Å². The molecule has 0 spiro atoms. The van der Waals surface area contributed by atoms with Gasteiger partial charge in [-0.25, -0.2) is 8.42 Å². The van der Waals surface area contributed by atoms with E-state index in [9.17, 15) is 13.2 Å². The van der Waals surface area contributed by atoms with Crippen LogP contribution in [0.4, 0.5) is 0 Å². The van der Waals surface area contributed by atoms with E-state index >= 15 is 0 Å². The lowest BCUT2D eigenvalue weighted by Gasteiger charge is -2.12. The van der Waals surface area contributed by atoms with Crippen molar-refractivity contribution >= 4 is 26.5 Å². The van der Waals surface area contributed by atoms with Gasteiger partial charge in [0.25, 0.3) is 5.91 Å². The fourth-order valence-electron chi connectivity index (χ4n) is 2.66. The Bertz CT molecular complexity index is 1090. The highest BCUT2D eigenvalue weighted by Gasteiger charge is 2.08. The Balaban J connectivity index is 1.88. The quantitative estimate of drug-likeness (QED) is 0.678. The molecule has 0 N–H and O–H groups in total. The molecule has 0 bridgehead atoms. The molecule has 3 aromatic rings. The minimum absolute atomic E-state index is 0.00878. The van der Waals surface area contributed by atoms with Crippen molar-refractivity contribution in [1.82, 2.24) is 4.90 Å². The van der Waals surface area contributed by atoms with Gasteiger partial charge in [0, 0.05) is 20.4 Å². The van der Waals surface area contributed by atoms with Crippen molar-refractivity contribution in [2.45, 2.75) is 4.90 Å². The number of carbonyl (C=O) groups excluding carboxylic acids is 1. The van der Waals surface area contributed by atoms with Gasteiger partial charge in [-0.2, -0.15) is 0 Å². The number of nitrogens with zero attached hydrogens (tertiary/aromatic N) is 1. The molecule has 0 saturated carbocycles. The van der Waals surface area contributed by atoms with Gasteiger partial charge in [0.05, 0.1) is 4.90 Å². The summed E-state index contributed by atoms with van der Waals surface area (Å²) < 4.78 is 28.8. The van der Waals surface area contributed by atoms with Gasteiger partial charge in [-0.1, -0.05) is 30.3 Å². The highest BCUT2D eigenvalue weighted by molar-refractivity contribution is 7.90. The first kappa shape index (κ1) is 18.9. The molecule has 0 fully saturated rings. The van der Waals surface area contributed by atoms with Crippen LogP contribution in [0.3, 0.4) is 0 Å². The maximum absolute atomic E-state index is 11.7. The van der Waals surface area contributed by atoms with Gasteiger partial charge in [-0.05, 0) is 52.2 Å². The lowest BCUT2D eigenvalue weighted by atomic mass is 10.0. The summed E-state index contributed by atoms with van der Waals surface area (Å²) in [6.07, 6.45) is 1.20. The molecule has 0 saturated heterocycles. The largest absolute Gasteiger partial charge is 0.484 e. The summed E-state index contributed by atoms with van der Waals surface area (Å²) in [5.41, 5.74) is 1.91.